The molecule has 0 saturated heterocycles. The predicted octanol–water partition coefficient (Wildman–Crippen LogP) is 7.50. The second kappa shape index (κ2) is 9.17. The Morgan fingerprint density at radius 3 is 1.28 bits per heavy atom. The first-order valence-electron chi connectivity index (χ1n) is 12.4. The van der Waals surface area contributed by atoms with Gasteiger partial charge in [0.1, 0.15) is 0 Å². The van der Waals surface area contributed by atoms with Gasteiger partial charge in [0.2, 0.25) is 0 Å². The standard InChI is InChI=1S/C31H42O5/c1-28(2,3)18-16-14-13-15-17(18)25(32)20-19(26(33)34)21(27(35)36)23(30(7,8)9)24(31(10,11)12)22(20)29(4,5)6/h13-16H,1-12H3,(H,33,34)(H,35,36). The SMILES string of the molecule is CC(C)(C)c1ccccc1C(=O)c1c(C(=O)O)c(C(=O)O)c(C(C)(C)C)c(C(C)(C)C)c1C(C)(C)C. The van der Waals surface area contributed by atoms with Crippen LogP contribution in [0.15, 0.2) is 24.3 Å². The fourth-order valence-electron chi connectivity index (χ4n) is 5.12. The molecule has 0 aliphatic heterocycles. The van der Waals surface area contributed by atoms with Gasteiger partial charge in [-0.3, -0.25) is 4.79 Å². The molecule has 36 heavy (non-hydrogen) atoms. The molecule has 0 saturated carbocycles. The van der Waals surface area contributed by atoms with E-state index < -0.39 is 39.5 Å². The highest BCUT2D eigenvalue weighted by Gasteiger charge is 2.43. The molecule has 0 amide bonds. The van der Waals surface area contributed by atoms with E-state index in [9.17, 15) is 24.6 Å². The molecule has 0 aromatic heterocycles. The van der Waals surface area contributed by atoms with E-state index in [0.29, 0.717) is 16.7 Å². The Hall–Kier alpha value is -2.95. The van der Waals surface area contributed by atoms with Gasteiger partial charge in [0.25, 0.3) is 0 Å². The minimum atomic E-state index is -1.42. The summed E-state index contributed by atoms with van der Waals surface area (Å²) in [7, 11) is 0. The molecule has 2 aromatic carbocycles. The zero-order valence-corrected chi connectivity index (χ0v) is 23.9. The second-order valence-electron chi connectivity index (χ2n) is 13.7. The van der Waals surface area contributed by atoms with Gasteiger partial charge in [-0.25, -0.2) is 9.59 Å². The number of hydrogen-bond donors (Lipinski definition) is 2. The van der Waals surface area contributed by atoms with E-state index in [-0.39, 0.29) is 16.5 Å². The van der Waals surface area contributed by atoms with Crippen molar-refractivity contribution in [2.45, 2.75) is 105 Å². The van der Waals surface area contributed by atoms with Crippen molar-refractivity contribution in [1.82, 2.24) is 0 Å². The quantitative estimate of drug-likeness (QED) is 0.429. The maximum absolute atomic E-state index is 14.5. The minimum absolute atomic E-state index is 0.0259. The molecular formula is C31H42O5. The molecule has 0 atom stereocenters. The van der Waals surface area contributed by atoms with Gasteiger partial charge in [-0.1, -0.05) is 107 Å². The third kappa shape index (κ3) is 5.40. The number of aromatic carboxylic acids is 2. The number of ketones is 1. The number of hydrogen-bond acceptors (Lipinski definition) is 3. The van der Waals surface area contributed by atoms with Gasteiger partial charge in [-0.2, -0.15) is 0 Å². The summed E-state index contributed by atoms with van der Waals surface area (Å²) >= 11 is 0. The zero-order chi connectivity index (χ0) is 28.2. The topological polar surface area (TPSA) is 91.7 Å². The molecule has 5 heteroatoms. The van der Waals surface area contributed by atoms with Crippen LogP contribution in [-0.2, 0) is 21.7 Å². The Morgan fingerprint density at radius 2 is 0.917 bits per heavy atom. The molecular weight excluding hydrogens is 452 g/mol. The van der Waals surface area contributed by atoms with Crippen LogP contribution < -0.4 is 0 Å². The lowest BCUT2D eigenvalue weighted by molar-refractivity contribution is 0.0647. The number of carbonyl (C=O) groups is 3. The third-order valence-corrected chi connectivity index (χ3v) is 6.38. The van der Waals surface area contributed by atoms with Gasteiger partial charge >= 0.3 is 11.9 Å². The number of carboxylic acid groups (broad SMARTS) is 2. The maximum atomic E-state index is 14.5. The van der Waals surface area contributed by atoms with Crippen LogP contribution in [0, 0.1) is 0 Å². The van der Waals surface area contributed by atoms with E-state index in [0.717, 1.165) is 11.1 Å². The summed E-state index contributed by atoms with van der Waals surface area (Å²) in [6.07, 6.45) is 0. The average molecular weight is 495 g/mol. The first kappa shape index (κ1) is 29.3. The van der Waals surface area contributed by atoms with Crippen molar-refractivity contribution < 1.29 is 24.6 Å². The van der Waals surface area contributed by atoms with Gasteiger partial charge in [-0.05, 0) is 43.9 Å². The highest BCUT2D eigenvalue weighted by atomic mass is 16.4. The van der Waals surface area contributed by atoms with Crippen molar-refractivity contribution in [2.75, 3.05) is 0 Å². The summed E-state index contributed by atoms with van der Waals surface area (Å²) in [5.74, 6) is -3.22. The molecule has 196 valence electrons. The van der Waals surface area contributed by atoms with Crippen LogP contribution in [0.4, 0.5) is 0 Å². The van der Waals surface area contributed by atoms with Crippen molar-refractivity contribution in [1.29, 1.82) is 0 Å². The zero-order valence-electron chi connectivity index (χ0n) is 23.9. The van der Waals surface area contributed by atoms with Crippen LogP contribution in [0.1, 0.15) is 142 Å². The van der Waals surface area contributed by atoms with Crippen LogP contribution in [0.3, 0.4) is 0 Å². The van der Waals surface area contributed by atoms with Gasteiger partial charge in [0.05, 0.1) is 11.1 Å². The van der Waals surface area contributed by atoms with Gasteiger partial charge in [0, 0.05) is 11.1 Å². The van der Waals surface area contributed by atoms with Crippen molar-refractivity contribution in [2.24, 2.45) is 0 Å². The van der Waals surface area contributed by atoms with Gasteiger partial charge < -0.3 is 10.2 Å². The normalized spacial score (nSPS) is 13.0. The Morgan fingerprint density at radius 1 is 0.528 bits per heavy atom. The van der Waals surface area contributed by atoms with E-state index in [4.69, 9.17) is 0 Å². The molecule has 0 bridgehead atoms. The number of carbonyl (C=O) groups excluding carboxylic acids is 1. The lowest BCUT2D eigenvalue weighted by Crippen LogP contribution is -2.35. The number of rotatable bonds is 4. The fourth-order valence-corrected chi connectivity index (χ4v) is 5.12. The molecule has 2 rings (SSSR count). The Bertz CT molecular complexity index is 1220. The third-order valence-electron chi connectivity index (χ3n) is 6.38. The molecule has 2 aromatic rings. The molecule has 0 spiro atoms. The maximum Gasteiger partial charge on any atom is 0.337 e. The molecule has 0 heterocycles. The van der Waals surface area contributed by atoms with E-state index in [1.165, 1.54) is 0 Å². The van der Waals surface area contributed by atoms with Crippen LogP contribution >= 0.6 is 0 Å². The van der Waals surface area contributed by atoms with Crippen molar-refractivity contribution in [3.05, 3.63) is 68.8 Å². The molecule has 0 aliphatic carbocycles. The summed E-state index contributed by atoms with van der Waals surface area (Å²) in [6, 6.07) is 7.19. The summed E-state index contributed by atoms with van der Waals surface area (Å²) in [4.78, 5) is 40.1. The smallest absolute Gasteiger partial charge is 0.337 e. The van der Waals surface area contributed by atoms with Crippen molar-refractivity contribution in [3.63, 3.8) is 0 Å². The van der Waals surface area contributed by atoms with Crippen molar-refractivity contribution in [3.8, 4) is 0 Å². The minimum Gasteiger partial charge on any atom is -0.478 e. The van der Waals surface area contributed by atoms with E-state index in [1.807, 2.05) is 95.2 Å². The lowest BCUT2D eigenvalue weighted by Gasteiger charge is -2.39. The predicted molar refractivity (Wildman–Crippen MR) is 145 cm³/mol. The Labute approximate surface area is 215 Å². The highest BCUT2D eigenvalue weighted by Crippen LogP contribution is 2.47. The first-order chi connectivity index (χ1) is 16.0. The van der Waals surface area contributed by atoms with Gasteiger partial charge in [0.15, 0.2) is 5.78 Å². The monoisotopic (exact) mass is 494 g/mol. The number of carboxylic acids is 2. The van der Waals surface area contributed by atoms with Crippen LogP contribution in [0.25, 0.3) is 0 Å². The molecule has 0 aliphatic rings. The van der Waals surface area contributed by atoms with Crippen LogP contribution in [0.2, 0.25) is 0 Å². The summed E-state index contributed by atoms with van der Waals surface area (Å²) in [5.41, 5.74) is -0.0977. The van der Waals surface area contributed by atoms with Gasteiger partial charge in [-0.15, -0.1) is 0 Å². The molecule has 0 radical (unpaired) electrons. The van der Waals surface area contributed by atoms with E-state index in [1.54, 1.807) is 12.1 Å². The molecule has 0 unspecified atom stereocenters. The largest absolute Gasteiger partial charge is 0.478 e. The van der Waals surface area contributed by atoms with E-state index in [2.05, 4.69) is 0 Å². The average Bonchev–Trinajstić information content (AvgIpc) is 2.68. The Kier molecular flexibility index (Phi) is 7.46. The first-order valence-corrected chi connectivity index (χ1v) is 12.4. The summed E-state index contributed by atoms with van der Waals surface area (Å²) < 4.78 is 0. The molecule has 5 nitrogen and oxygen atoms in total. The molecule has 2 N–H and O–H groups in total. The Balaban J connectivity index is 3.42. The second-order valence-corrected chi connectivity index (χ2v) is 13.7. The van der Waals surface area contributed by atoms with Crippen LogP contribution in [0.5, 0.6) is 0 Å². The molecule has 0 fully saturated rings. The summed E-state index contributed by atoms with van der Waals surface area (Å²) in [6.45, 7) is 23.4. The fraction of sp³-hybridized carbons (Fsp3) is 0.516. The van der Waals surface area contributed by atoms with E-state index >= 15 is 0 Å². The van der Waals surface area contributed by atoms with Crippen molar-refractivity contribution >= 4 is 17.7 Å². The number of benzene rings is 2. The lowest BCUT2D eigenvalue weighted by atomic mass is 9.63. The van der Waals surface area contributed by atoms with Crippen LogP contribution in [-0.4, -0.2) is 27.9 Å². The highest BCUT2D eigenvalue weighted by molar-refractivity contribution is 6.19. The summed E-state index contributed by atoms with van der Waals surface area (Å²) in [5, 5.41) is 20.9.